The first kappa shape index (κ1) is 18.9. The van der Waals surface area contributed by atoms with Gasteiger partial charge in [-0.2, -0.15) is 18.9 Å². The summed E-state index contributed by atoms with van der Waals surface area (Å²) in [6, 6.07) is 10.4. The van der Waals surface area contributed by atoms with Crippen molar-refractivity contribution in [2.75, 3.05) is 11.9 Å². The fraction of sp³-hybridized carbons (Fsp3) is 0.200. The van der Waals surface area contributed by atoms with Crippen molar-refractivity contribution in [3.8, 4) is 11.5 Å². The van der Waals surface area contributed by atoms with Crippen LogP contribution in [0, 0.1) is 5.82 Å². The minimum Gasteiger partial charge on any atom is -0.490 e. The van der Waals surface area contributed by atoms with Crippen LogP contribution >= 0.6 is 0 Å². The van der Waals surface area contributed by atoms with Crippen molar-refractivity contribution in [2.45, 2.75) is 19.6 Å². The lowest BCUT2D eigenvalue weighted by molar-refractivity contribution is -0.0514. The average Bonchev–Trinajstić information content (AvgIpc) is 3.18. The smallest absolute Gasteiger partial charge is 0.387 e. The molecule has 150 valence electrons. The lowest BCUT2D eigenvalue weighted by Crippen LogP contribution is -2.20. The maximum atomic E-state index is 13.3. The number of aromatic nitrogens is 3. The molecule has 0 amide bonds. The number of benzene rings is 2. The summed E-state index contributed by atoms with van der Waals surface area (Å²) in [5.41, 5.74) is 2.23. The van der Waals surface area contributed by atoms with E-state index in [9.17, 15) is 13.2 Å². The van der Waals surface area contributed by atoms with E-state index in [1.54, 1.807) is 35.9 Å². The third kappa shape index (κ3) is 3.89. The fourth-order valence-electron chi connectivity index (χ4n) is 3.14. The summed E-state index contributed by atoms with van der Waals surface area (Å²) in [5.74, 6) is 0.340. The summed E-state index contributed by atoms with van der Waals surface area (Å²) in [7, 11) is 0. The molecule has 0 saturated carbocycles. The van der Waals surface area contributed by atoms with Crippen LogP contribution in [0.3, 0.4) is 0 Å². The van der Waals surface area contributed by atoms with E-state index < -0.39 is 6.61 Å². The van der Waals surface area contributed by atoms with E-state index in [0.717, 1.165) is 16.8 Å². The van der Waals surface area contributed by atoms with E-state index in [1.807, 2.05) is 6.08 Å². The summed E-state index contributed by atoms with van der Waals surface area (Å²) in [4.78, 5) is 4.21. The third-order valence-corrected chi connectivity index (χ3v) is 4.39. The molecule has 0 spiro atoms. The number of nitrogens with zero attached hydrogens (tertiary/aromatic N) is 3. The Morgan fingerprint density at radius 2 is 1.93 bits per heavy atom. The van der Waals surface area contributed by atoms with Crippen LogP contribution in [0.5, 0.6) is 11.5 Å². The summed E-state index contributed by atoms with van der Waals surface area (Å²) in [6.45, 7) is -0.905. The van der Waals surface area contributed by atoms with E-state index in [2.05, 4.69) is 20.1 Å². The van der Waals surface area contributed by atoms with Gasteiger partial charge in [-0.25, -0.2) is 9.07 Å². The predicted molar refractivity (Wildman–Crippen MR) is 100 cm³/mol. The first-order chi connectivity index (χ1) is 14.0. The topological polar surface area (TPSA) is 61.2 Å². The molecule has 1 aromatic heterocycles. The summed E-state index contributed by atoms with van der Waals surface area (Å²) < 4.78 is 50.3. The third-order valence-electron chi connectivity index (χ3n) is 4.39. The Morgan fingerprint density at radius 3 is 2.66 bits per heavy atom. The summed E-state index contributed by atoms with van der Waals surface area (Å²) in [6.07, 6.45) is 3.31. The van der Waals surface area contributed by atoms with E-state index in [4.69, 9.17) is 4.74 Å². The second kappa shape index (κ2) is 7.86. The maximum absolute atomic E-state index is 13.3. The number of ether oxygens (including phenoxy) is 2. The van der Waals surface area contributed by atoms with Crippen LogP contribution in [-0.4, -0.2) is 28.0 Å². The molecule has 0 unspecified atom stereocenters. The molecule has 0 radical (unpaired) electrons. The highest BCUT2D eigenvalue weighted by Crippen LogP contribution is 2.37. The van der Waals surface area contributed by atoms with Gasteiger partial charge in [-0.05, 0) is 60.5 Å². The number of hydrogen-bond acceptors (Lipinski definition) is 5. The summed E-state index contributed by atoms with van der Waals surface area (Å²) >= 11 is 0. The molecular formula is C20H17F3N4O2. The van der Waals surface area contributed by atoms with Crippen molar-refractivity contribution in [1.29, 1.82) is 0 Å². The Balaban J connectivity index is 1.76. The molecule has 29 heavy (non-hydrogen) atoms. The van der Waals surface area contributed by atoms with Crippen LogP contribution < -0.4 is 14.8 Å². The fourth-order valence-corrected chi connectivity index (χ4v) is 3.14. The molecule has 6 nitrogen and oxygen atoms in total. The zero-order valence-corrected chi connectivity index (χ0v) is 15.3. The molecular weight excluding hydrogens is 385 g/mol. The molecule has 2 heterocycles. The van der Waals surface area contributed by atoms with E-state index in [-0.39, 0.29) is 23.4 Å². The first-order valence-electron chi connectivity index (χ1n) is 8.91. The van der Waals surface area contributed by atoms with E-state index in [1.165, 1.54) is 24.5 Å². The van der Waals surface area contributed by atoms with Crippen LogP contribution in [0.2, 0.25) is 0 Å². The van der Waals surface area contributed by atoms with Crippen molar-refractivity contribution in [1.82, 2.24) is 14.8 Å². The SMILES string of the molecule is CCOc1cc([C@H]2C=C(c3ccc(F)cc3)Nc3ncnn32)ccc1OC(F)F. The number of anilines is 1. The number of rotatable bonds is 6. The van der Waals surface area contributed by atoms with Gasteiger partial charge in [0.1, 0.15) is 18.2 Å². The van der Waals surface area contributed by atoms with Crippen molar-refractivity contribution in [2.24, 2.45) is 0 Å². The van der Waals surface area contributed by atoms with Crippen molar-refractivity contribution < 1.29 is 22.6 Å². The number of halogens is 3. The molecule has 0 saturated heterocycles. The second-order valence-corrected chi connectivity index (χ2v) is 6.20. The second-order valence-electron chi connectivity index (χ2n) is 6.20. The molecule has 0 fully saturated rings. The van der Waals surface area contributed by atoms with Crippen molar-refractivity contribution >= 4 is 11.6 Å². The highest BCUT2D eigenvalue weighted by atomic mass is 19.3. The number of nitrogens with one attached hydrogen (secondary N) is 1. The van der Waals surface area contributed by atoms with Crippen LogP contribution in [0.25, 0.3) is 5.70 Å². The highest BCUT2D eigenvalue weighted by molar-refractivity contribution is 5.77. The van der Waals surface area contributed by atoms with Crippen LogP contribution in [-0.2, 0) is 0 Å². The number of fused-ring (bicyclic) bond motifs is 1. The minimum absolute atomic E-state index is 0.0407. The van der Waals surface area contributed by atoms with E-state index >= 15 is 0 Å². The molecule has 9 heteroatoms. The largest absolute Gasteiger partial charge is 0.490 e. The molecule has 1 aliphatic heterocycles. The van der Waals surface area contributed by atoms with Gasteiger partial charge in [0, 0.05) is 5.70 Å². The Bertz CT molecular complexity index is 1030. The van der Waals surface area contributed by atoms with Gasteiger partial charge in [-0.15, -0.1) is 0 Å². The normalized spacial score (nSPS) is 15.5. The van der Waals surface area contributed by atoms with Gasteiger partial charge < -0.3 is 14.8 Å². The molecule has 4 rings (SSSR count). The lowest BCUT2D eigenvalue weighted by atomic mass is 10.0. The van der Waals surface area contributed by atoms with Gasteiger partial charge in [0.25, 0.3) is 0 Å². The van der Waals surface area contributed by atoms with Gasteiger partial charge in [0.2, 0.25) is 5.95 Å². The van der Waals surface area contributed by atoms with Crippen LogP contribution in [0.4, 0.5) is 19.1 Å². The molecule has 1 aliphatic rings. The zero-order chi connectivity index (χ0) is 20.4. The van der Waals surface area contributed by atoms with Gasteiger partial charge in [-0.3, -0.25) is 0 Å². The van der Waals surface area contributed by atoms with Crippen LogP contribution in [0.15, 0.2) is 54.9 Å². The van der Waals surface area contributed by atoms with Gasteiger partial charge in [0.15, 0.2) is 11.5 Å². The average molecular weight is 402 g/mol. The Morgan fingerprint density at radius 1 is 1.14 bits per heavy atom. The molecule has 0 aliphatic carbocycles. The standard InChI is InChI=1S/C20H17F3N4O2/c1-2-28-18-9-13(5-8-17(18)29-19(22)23)16-10-15(12-3-6-14(21)7-4-12)26-20-24-11-25-27(16)20/h3-11,16,19H,2H2,1H3,(H,24,25,26)/t16-/m1/s1. The van der Waals surface area contributed by atoms with Crippen LogP contribution in [0.1, 0.15) is 24.1 Å². The van der Waals surface area contributed by atoms with E-state index in [0.29, 0.717) is 12.6 Å². The monoisotopic (exact) mass is 402 g/mol. The lowest BCUT2D eigenvalue weighted by Gasteiger charge is -2.25. The quantitative estimate of drug-likeness (QED) is 0.659. The maximum Gasteiger partial charge on any atom is 0.387 e. The zero-order valence-electron chi connectivity index (χ0n) is 15.3. The molecule has 3 aromatic rings. The molecule has 1 atom stereocenters. The summed E-state index contributed by atoms with van der Waals surface area (Å²) in [5, 5.41) is 7.41. The van der Waals surface area contributed by atoms with Crippen molar-refractivity contribution in [3.63, 3.8) is 0 Å². The molecule has 0 bridgehead atoms. The number of allylic oxidation sites excluding steroid dienone is 1. The minimum atomic E-state index is -2.95. The Kier molecular flexibility index (Phi) is 5.11. The highest BCUT2D eigenvalue weighted by Gasteiger charge is 2.25. The van der Waals surface area contributed by atoms with Gasteiger partial charge in [-0.1, -0.05) is 6.07 Å². The van der Waals surface area contributed by atoms with Gasteiger partial charge in [0.05, 0.1) is 6.61 Å². The first-order valence-corrected chi connectivity index (χ1v) is 8.91. The Labute approximate surface area is 164 Å². The predicted octanol–water partition coefficient (Wildman–Crippen LogP) is 4.47. The number of alkyl halides is 2. The molecule has 1 N–H and O–H groups in total. The van der Waals surface area contributed by atoms with Crippen molar-refractivity contribution in [3.05, 3.63) is 71.8 Å². The Hall–Kier alpha value is -3.49. The molecule has 2 aromatic carbocycles. The van der Waals surface area contributed by atoms with Gasteiger partial charge >= 0.3 is 6.61 Å². The number of hydrogen-bond donors (Lipinski definition) is 1.